The van der Waals surface area contributed by atoms with Crippen molar-refractivity contribution in [1.82, 2.24) is 9.21 Å². The molecule has 0 radical (unpaired) electrons. The second-order valence-corrected chi connectivity index (χ2v) is 8.50. The van der Waals surface area contributed by atoms with Crippen LogP contribution in [0.15, 0.2) is 59.5 Å². The maximum Gasteiger partial charge on any atom is 0.243 e. The fourth-order valence-corrected chi connectivity index (χ4v) is 4.63. The molecule has 1 aliphatic rings. The van der Waals surface area contributed by atoms with Crippen molar-refractivity contribution in [2.75, 3.05) is 19.6 Å². The molecule has 24 heavy (non-hydrogen) atoms. The molecule has 1 unspecified atom stereocenters. The van der Waals surface area contributed by atoms with Gasteiger partial charge in [-0.2, -0.15) is 4.31 Å². The van der Waals surface area contributed by atoms with Gasteiger partial charge in [0.15, 0.2) is 0 Å². The van der Waals surface area contributed by atoms with Gasteiger partial charge in [0.25, 0.3) is 0 Å². The van der Waals surface area contributed by atoms with Crippen molar-refractivity contribution < 1.29 is 8.42 Å². The summed E-state index contributed by atoms with van der Waals surface area (Å²) in [6, 6.07) is 16.8. The number of benzene rings is 2. The molecule has 0 N–H and O–H groups in total. The van der Waals surface area contributed by atoms with Gasteiger partial charge in [-0.1, -0.05) is 41.9 Å². The Morgan fingerprint density at radius 3 is 2.33 bits per heavy atom. The summed E-state index contributed by atoms with van der Waals surface area (Å²) < 4.78 is 27.1. The number of nitrogens with zero attached hydrogens (tertiary/aromatic N) is 2. The lowest BCUT2D eigenvalue weighted by Crippen LogP contribution is -2.53. The van der Waals surface area contributed by atoms with Crippen LogP contribution < -0.4 is 0 Å². The summed E-state index contributed by atoms with van der Waals surface area (Å²) in [6.07, 6.45) is 0. The molecule has 3 rings (SSSR count). The van der Waals surface area contributed by atoms with Crippen molar-refractivity contribution in [3.63, 3.8) is 0 Å². The van der Waals surface area contributed by atoms with Crippen LogP contribution in [0.25, 0.3) is 0 Å². The molecular formula is C18H21ClN2O2S. The minimum Gasteiger partial charge on any atom is -0.294 e. The van der Waals surface area contributed by atoms with Crippen molar-refractivity contribution in [2.45, 2.75) is 24.4 Å². The van der Waals surface area contributed by atoms with E-state index in [1.165, 1.54) is 5.56 Å². The molecule has 1 atom stereocenters. The van der Waals surface area contributed by atoms with E-state index < -0.39 is 10.0 Å². The summed E-state index contributed by atoms with van der Waals surface area (Å²) in [6.45, 7) is 4.64. The summed E-state index contributed by atoms with van der Waals surface area (Å²) >= 11 is 5.85. The number of sulfonamides is 1. The van der Waals surface area contributed by atoms with E-state index in [1.54, 1.807) is 28.6 Å². The Labute approximate surface area is 148 Å². The zero-order valence-electron chi connectivity index (χ0n) is 13.6. The molecule has 6 heteroatoms. The molecule has 0 aromatic heterocycles. The van der Waals surface area contributed by atoms with E-state index >= 15 is 0 Å². The molecule has 4 nitrogen and oxygen atoms in total. The van der Waals surface area contributed by atoms with Gasteiger partial charge in [0.1, 0.15) is 0 Å². The average molecular weight is 365 g/mol. The molecule has 0 amide bonds. The zero-order chi connectivity index (χ0) is 17.2. The summed E-state index contributed by atoms with van der Waals surface area (Å²) in [5.74, 6) is 0. The lowest BCUT2D eigenvalue weighted by molar-refractivity contribution is 0.122. The van der Waals surface area contributed by atoms with Crippen molar-refractivity contribution in [3.8, 4) is 0 Å². The number of piperazine rings is 1. The zero-order valence-corrected chi connectivity index (χ0v) is 15.2. The first kappa shape index (κ1) is 17.4. The molecule has 1 fully saturated rings. The number of rotatable bonds is 4. The van der Waals surface area contributed by atoms with Crippen LogP contribution in [0.3, 0.4) is 0 Å². The van der Waals surface area contributed by atoms with E-state index in [-0.39, 0.29) is 6.04 Å². The van der Waals surface area contributed by atoms with Crippen LogP contribution >= 0.6 is 11.6 Å². The number of hydrogen-bond acceptors (Lipinski definition) is 3. The van der Waals surface area contributed by atoms with Crippen molar-refractivity contribution in [2.24, 2.45) is 0 Å². The molecule has 2 aromatic carbocycles. The fourth-order valence-electron chi connectivity index (χ4n) is 2.99. The monoisotopic (exact) mass is 364 g/mol. The Balaban J connectivity index is 1.69. The molecule has 128 valence electrons. The van der Waals surface area contributed by atoms with Crippen LogP contribution in [0.1, 0.15) is 12.5 Å². The Hall–Kier alpha value is -1.40. The van der Waals surface area contributed by atoms with Gasteiger partial charge in [0, 0.05) is 37.2 Å². The van der Waals surface area contributed by atoms with Gasteiger partial charge in [-0.15, -0.1) is 0 Å². The lowest BCUT2D eigenvalue weighted by Gasteiger charge is -2.39. The maximum atomic E-state index is 12.8. The normalized spacial score (nSPS) is 20.2. The van der Waals surface area contributed by atoms with Crippen molar-refractivity contribution >= 4 is 21.6 Å². The van der Waals surface area contributed by atoms with Crippen LogP contribution in [0.5, 0.6) is 0 Å². The van der Waals surface area contributed by atoms with Crippen LogP contribution in [-0.4, -0.2) is 43.3 Å². The van der Waals surface area contributed by atoms with Crippen molar-refractivity contribution in [1.29, 1.82) is 0 Å². The van der Waals surface area contributed by atoms with Gasteiger partial charge in [0.2, 0.25) is 10.0 Å². The number of halogens is 1. The smallest absolute Gasteiger partial charge is 0.243 e. The summed E-state index contributed by atoms with van der Waals surface area (Å²) in [5.41, 5.74) is 1.25. The van der Waals surface area contributed by atoms with Gasteiger partial charge in [0.05, 0.1) is 4.90 Å². The molecule has 0 saturated carbocycles. The third-order valence-electron chi connectivity index (χ3n) is 4.41. The minimum absolute atomic E-state index is 0.168. The lowest BCUT2D eigenvalue weighted by atomic mass is 10.1. The standard InChI is InChI=1S/C18H21ClN2O2S/c1-15-13-21(24(22,23)18-9-7-17(19)8-10-18)12-11-20(15)14-16-5-3-2-4-6-16/h2-10,15H,11-14H2,1H3. The third kappa shape index (κ3) is 3.81. The Morgan fingerprint density at radius 1 is 1.04 bits per heavy atom. The third-order valence-corrected chi connectivity index (χ3v) is 6.54. The van der Waals surface area contributed by atoms with E-state index in [0.29, 0.717) is 23.0 Å². The predicted octanol–water partition coefficient (Wildman–Crippen LogP) is 3.24. The molecule has 0 spiro atoms. The molecule has 0 aliphatic carbocycles. The fraction of sp³-hybridized carbons (Fsp3) is 0.333. The maximum absolute atomic E-state index is 12.8. The van der Waals surface area contributed by atoms with E-state index in [0.717, 1.165) is 13.1 Å². The minimum atomic E-state index is -3.46. The van der Waals surface area contributed by atoms with Gasteiger partial charge in [-0.3, -0.25) is 4.90 Å². The van der Waals surface area contributed by atoms with E-state index in [4.69, 9.17) is 11.6 Å². The topological polar surface area (TPSA) is 40.6 Å². The Kier molecular flexibility index (Phi) is 5.25. The second kappa shape index (κ2) is 7.23. The highest BCUT2D eigenvalue weighted by molar-refractivity contribution is 7.89. The molecule has 1 aliphatic heterocycles. The first-order chi connectivity index (χ1) is 11.5. The second-order valence-electron chi connectivity index (χ2n) is 6.12. The van der Waals surface area contributed by atoms with E-state index in [9.17, 15) is 8.42 Å². The van der Waals surface area contributed by atoms with Crippen LogP contribution in [0, 0.1) is 0 Å². The van der Waals surface area contributed by atoms with Gasteiger partial charge < -0.3 is 0 Å². The number of hydrogen-bond donors (Lipinski definition) is 0. The van der Waals surface area contributed by atoms with Gasteiger partial charge in [-0.25, -0.2) is 8.42 Å². The molecular weight excluding hydrogens is 344 g/mol. The largest absolute Gasteiger partial charge is 0.294 e. The van der Waals surface area contributed by atoms with E-state index in [1.807, 2.05) is 18.2 Å². The van der Waals surface area contributed by atoms with Crippen molar-refractivity contribution in [3.05, 3.63) is 65.2 Å². The van der Waals surface area contributed by atoms with Crippen LogP contribution in [0.2, 0.25) is 5.02 Å². The Bertz CT molecular complexity index is 778. The molecule has 2 aromatic rings. The predicted molar refractivity (Wildman–Crippen MR) is 96.5 cm³/mol. The summed E-state index contributed by atoms with van der Waals surface area (Å²) in [4.78, 5) is 2.62. The Morgan fingerprint density at radius 2 is 1.71 bits per heavy atom. The molecule has 0 bridgehead atoms. The highest BCUT2D eigenvalue weighted by Gasteiger charge is 2.32. The van der Waals surface area contributed by atoms with Crippen LogP contribution in [0.4, 0.5) is 0 Å². The highest BCUT2D eigenvalue weighted by Crippen LogP contribution is 2.22. The summed E-state index contributed by atoms with van der Waals surface area (Å²) in [5, 5.41) is 0.537. The SMILES string of the molecule is CC1CN(S(=O)(=O)c2ccc(Cl)cc2)CCN1Cc1ccccc1. The molecule has 1 saturated heterocycles. The highest BCUT2D eigenvalue weighted by atomic mass is 35.5. The van der Waals surface area contributed by atoms with E-state index in [2.05, 4.69) is 24.0 Å². The first-order valence-corrected chi connectivity index (χ1v) is 9.82. The first-order valence-electron chi connectivity index (χ1n) is 8.00. The molecule has 1 heterocycles. The quantitative estimate of drug-likeness (QED) is 0.836. The summed E-state index contributed by atoms with van der Waals surface area (Å²) in [7, 11) is -3.46. The van der Waals surface area contributed by atoms with Gasteiger partial charge in [-0.05, 0) is 36.8 Å². The van der Waals surface area contributed by atoms with Gasteiger partial charge >= 0.3 is 0 Å². The van der Waals surface area contributed by atoms with Crippen LogP contribution in [-0.2, 0) is 16.6 Å². The average Bonchev–Trinajstić information content (AvgIpc) is 2.58.